The van der Waals surface area contributed by atoms with Crippen LogP contribution in [0.5, 0.6) is 0 Å². The fraction of sp³-hybridized carbons (Fsp3) is 0.857. The third-order valence-corrected chi connectivity index (χ3v) is 4.59. The van der Waals surface area contributed by atoms with Crippen LogP contribution in [0.15, 0.2) is 5.16 Å². The molecule has 2 N–H and O–H groups in total. The summed E-state index contributed by atoms with van der Waals surface area (Å²) < 4.78 is 2.27. The Morgan fingerprint density at radius 3 is 2.58 bits per heavy atom. The molecule has 1 saturated carbocycles. The number of nitrogens with two attached hydrogens (primary N) is 1. The second-order valence-corrected chi connectivity index (χ2v) is 6.38. The van der Waals surface area contributed by atoms with E-state index in [0.717, 1.165) is 16.7 Å². The van der Waals surface area contributed by atoms with E-state index in [0.29, 0.717) is 12.6 Å². The van der Waals surface area contributed by atoms with E-state index < -0.39 is 0 Å². The average Bonchev–Trinajstić information content (AvgIpc) is 3.18. The van der Waals surface area contributed by atoms with Gasteiger partial charge in [0.25, 0.3) is 0 Å². The molecule has 0 saturated heterocycles. The lowest BCUT2D eigenvalue weighted by atomic mass is 10.1. The maximum absolute atomic E-state index is 5.72. The summed E-state index contributed by atoms with van der Waals surface area (Å²) >= 11 is 1.85. The second kappa shape index (κ2) is 7.90. The number of thioether (sulfide) groups is 1. The highest BCUT2D eigenvalue weighted by Crippen LogP contribution is 2.38. The molecule has 1 fully saturated rings. The third-order valence-electron chi connectivity index (χ3n) is 3.56. The van der Waals surface area contributed by atoms with Crippen LogP contribution in [0.1, 0.15) is 70.2 Å². The monoisotopic (exact) mass is 282 g/mol. The van der Waals surface area contributed by atoms with Crippen LogP contribution in [0.3, 0.4) is 0 Å². The van der Waals surface area contributed by atoms with Gasteiger partial charge >= 0.3 is 0 Å². The molecule has 4 nitrogen and oxygen atoms in total. The molecule has 0 atom stereocenters. The van der Waals surface area contributed by atoms with E-state index in [1.165, 1.54) is 51.4 Å². The summed E-state index contributed by atoms with van der Waals surface area (Å²) in [5, 5.41) is 9.57. The molecule has 108 valence electrons. The van der Waals surface area contributed by atoms with Crippen molar-refractivity contribution in [3.63, 3.8) is 0 Å². The summed E-state index contributed by atoms with van der Waals surface area (Å²) in [7, 11) is 0. The van der Waals surface area contributed by atoms with Crippen molar-refractivity contribution >= 4 is 11.8 Å². The maximum atomic E-state index is 5.72. The van der Waals surface area contributed by atoms with Crippen molar-refractivity contribution in [1.29, 1.82) is 0 Å². The van der Waals surface area contributed by atoms with Crippen LogP contribution >= 0.6 is 11.8 Å². The lowest BCUT2D eigenvalue weighted by molar-refractivity contribution is 0.619. The number of hydrogen-bond acceptors (Lipinski definition) is 4. The molecular formula is C14H26N4S. The van der Waals surface area contributed by atoms with E-state index in [9.17, 15) is 0 Å². The summed E-state index contributed by atoms with van der Waals surface area (Å²) in [5.41, 5.74) is 5.72. The normalized spacial score (nSPS) is 15.1. The molecular weight excluding hydrogens is 256 g/mol. The van der Waals surface area contributed by atoms with Gasteiger partial charge < -0.3 is 10.3 Å². The van der Waals surface area contributed by atoms with Crippen LogP contribution in [-0.4, -0.2) is 20.5 Å². The van der Waals surface area contributed by atoms with Crippen LogP contribution in [0.2, 0.25) is 0 Å². The minimum absolute atomic E-state index is 0.501. The quantitative estimate of drug-likeness (QED) is 0.527. The molecule has 2 rings (SSSR count). The van der Waals surface area contributed by atoms with E-state index in [4.69, 9.17) is 5.73 Å². The highest BCUT2D eigenvalue weighted by Gasteiger charge is 2.28. The molecule has 0 aliphatic heterocycles. The molecule has 1 aliphatic rings. The van der Waals surface area contributed by atoms with Gasteiger partial charge in [-0.25, -0.2) is 0 Å². The zero-order valence-corrected chi connectivity index (χ0v) is 12.8. The van der Waals surface area contributed by atoms with Crippen LogP contribution in [0, 0.1) is 0 Å². The van der Waals surface area contributed by atoms with Gasteiger partial charge in [0.15, 0.2) is 5.16 Å². The highest BCUT2D eigenvalue weighted by molar-refractivity contribution is 7.99. The van der Waals surface area contributed by atoms with Crippen molar-refractivity contribution in [2.45, 2.75) is 76.0 Å². The summed E-state index contributed by atoms with van der Waals surface area (Å²) in [6.45, 7) is 2.76. The molecule has 0 aromatic carbocycles. The Morgan fingerprint density at radius 1 is 1.16 bits per heavy atom. The van der Waals surface area contributed by atoms with Crippen LogP contribution < -0.4 is 5.73 Å². The Hall–Kier alpha value is -0.550. The number of unbranched alkanes of at least 4 members (excludes halogenated alkanes) is 5. The molecule has 0 spiro atoms. The van der Waals surface area contributed by atoms with Crippen LogP contribution in [0.25, 0.3) is 0 Å². The van der Waals surface area contributed by atoms with E-state index in [2.05, 4.69) is 21.7 Å². The second-order valence-electron chi connectivity index (χ2n) is 5.32. The molecule has 0 radical (unpaired) electrons. The zero-order chi connectivity index (χ0) is 13.5. The molecule has 5 heteroatoms. The van der Waals surface area contributed by atoms with E-state index in [1.54, 1.807) is 0 Å². The van der Waals surface area contributed by atoms with Gasteiger partial charge in [0, 0.05) is 11.8 Å². The van der Waals surface area contributed by atoms with E-state index >= 15 is 0 Å². The van der Waals surface area contributed by atoms with Crippen molar-refractivity contribution in [3.05, 3.63) is 5.82 Å². The minimum Gasteiger partial charge on any atom is -0.324 e. The predicted octanol–water partition coefficient (Wildman–Crippen LogP) is 3.52. The zero-order valence-electron chi connectivity index (χ0n) is 12.0. The first-order chi connectivity index (χ1) is 9.36. The molecule has 0 bridgehead atoms. The largest absolute Gasteiger partial charge is 0.324 e. The molecule has 1 heterocycles. The van der Waals surface area contributed by atoms with Crippen molar-refractivity contribution in [3.8, 4) is 0 Å². The van der Waals surface area contributed by atoms with Gasteiger partial charge in [-0.05, 0) is 19.3 Å². The number of rotatable bonds is 10. The van der Waals surface area contributed by atoms with E-state index in [1.807, 2.05) is 11.8 Å². The number of nitrogens with zero attached hydrogens (tertiary/aromatic N) is 3. The maximum Gasteiger partial charge on any atom is 0.191 e. The Morgan fingerprint density at radius 2 is 1.89 bits per heavy atom. The fourth-order valence-electron chi connectivity index (χ4n) is 2.29. The van der Waals surface area contributed by atoms with Crippen molar-refractivity contribution in [2.24, 2.45) is 5.73 Å². The predicted molar refractivity (Wildman–Crippen MR) is 80.3 cm³/mol. The molecule has 0 unspecified atom stereocenters. The van der Waals surface area contributed by atoms with Gasteiger partial charge in [-0.1, -0.05) is 50.8 Å². The lowest BCUT2D eigenvalue weighted by Crippen LogP contribution is -2.08. The van der Waals surface area contributed by atoms with E-state index in [-0.39, 0.29) is 0 Å². The molecule has 1 aromatic rings. The third kappa shape index (κ3) is 4.49. The van der Waals surface area contributed by atoms with Gasteiger partial charge in [0.2, 0.25) is 0 Å². The minimum atomic E-state index is 0.501. The van der Waals surface area contributed by atoms with Crippen LogP contribution in [-0.2, 0) is 6.54 Å². The summed E-state index contributed by atoms with van der Waals surface area (Å²) in [6, 6.07) is 0.626. The summed E-state index contributed by atoms with van der Waals surface area (Å²) in [5.74, 6) is 2.11. The topological polar surface area (TPSA) is 56.7 Å². The summed E-state index contributed by atoms with van der Waals surface area (Å²) in [6.07, 6.45) is 10.6. The lowest BCUT2D eigenvalue weighted by Gasteiger charge is -2.07. The van der Waals surface area contributed by atoms with Gasteiger partial charge in [-0.3, -0.25) is 0 Å². The first kappa shape index (κ1) is 14.9. The Labute approximate surface area is 120 Å². The van der Waals surface area contributed by atoms with Gasteiger partial charge in [0.05, 0.1) is 6.54 Å². The molecule has 1 aliphatic carbocycles. The number of aromatic nitrogens is 3. The number of hydrogen-bond donors (Lipinski definition) is 1. The van der Waals surface area contributed by atoms with Crippen molar-refractivity contribution < 1.29 is 0 Å². The standard InChI is InChI=1S/C14H26N4S/c1-2-3-4-5-6-7-10-19-14-17-16-13(11-15)18(14)12-8-9-12/h12H,2-11,15H2,1H3. The van der Waals surface area contributed by atoms with Crippen molar-refractivity contribution in [1.82, 2.24) is 14.8 Å². The smallest absolute Gasteiger partial charge is 0.191 e. The van der Waals surface area contributed by atoms with Crippen LogP contribution in [0.4, 0.5) is 0 Å². The van der Waals surface area contributed by atoms with Gasteiger partial charge in [0.1, 0.15) is 5.82 Å². The summed E-state index contributed by atoms with van der Waals surface area (Å²) in [4.78, 5) is 0. The van der Waals surface area contributed by atoms with Gasteiger partial charge in [-0.15, -0.1) is 10.2 Å². The Balaban J connectivity index is 1.69. The van der Waals surface area contributed by atoms with Crippen molar-refractivity contribution in [2.75, 3.05) is 5.75 Å². The SMILES string of the molecule is CCCCCCCCSc1nnc(CN)n1C1CC1. The highest BCUT2D eigenvalue weighted by atomic mass is 32.2. The fourth-order valence-corrected chi connectivity index (χ4v) is 3.31. The molecule has 1 aromatic heterocycles. The first-order valence-corrected chi connectivity index (χ1v) is 8.62. The Kier molecular flexibility index (Phi) is 6.17. The first-order valence-electron chi connectivity index (χ1n) is 7.63. The average molecular weight is 282 g/mol. The molecule has 0 amide bonds. The van der Waals surface area contributed by atoms with Gasteiger partial charge in [-0.2, -0.15) is 0 Å². The Bertz CT molecular complexity index is 374. The molecule has 19 heavy (non-hydrogen) atoms.